The second-order valence-electron chi connectivity index (χ2n) is 11.8. The summed E-state index contributed by atoms with van der Waals surface area (Å²) in [6.45, 7) is 0. The molecule has 0 aliphatic carbocycles. The molecule has 0 bridgehead atoms. The number of aromatic nitrogens is 4. The molecule has 48 heavy (non-hydrogen) atoms. The number of thiophene rings is 2. The molecule has 4 aromatic heterocycles. The molecule has 0 unspecified atom stereocenters. The van der Waals surface area contributed by atoms with Crippen molar-refractivity contribution in [2.24, 2.45) is 0 Å². The van der Waals surface area contributed by atoms with Crippen molar-refractivity contribution in [1.29, 1.82) is 0 Å². The van der Waals surface area contributed by atoms with Gasteiger partial charge in [-0.25, -0.2) is 19.9 Å². The Hall–Kier alpha value is -5.82. The first-order chi connectivity index (χ1) is 23.8. The van der Waals surface area contributed by atoms with Crippen molar-refractivity contribution >= 4 is 73.9 Å². The molecule has 4 nitrogen and oxygen atoms in total. The highest BCUT2D eigenvalue weighted by atomic mass is 32.1. The Morgan fingerprint density at radius 1 is 0.354 bits per heavy atom. The molecule has 6 aromatic carbocycles. The van der Waals surface area contributed by atoms with E-state index < -0.39 is 0 Å². The second kappa shape index (κ2) is 10.9. The van der Waals surface area contributed by atoms with E-state index in [2.05, 4.69) is 115 Å². The van der Waals surface area contributed by atoms with Gasteiger partial charge in [-0.2, -0.15) is 0 Å². The van der Waals surface area contributed by atoms with Gasteiger partial charge in [0, 0.05) is 63.3 Å². The Morgan fingerprint density at radius 2 is 0.917 bits per heavy atom. The van der Waals surface area contributed by atoms with Crippen LogP contribution in [0, 0.1) is 0 Å². The number of pyridine rings is 1. The van der Waals surface area contributed by atoms with E-state index in [9.17, 15) is 0 Å². The molecular weight excluding hydrogens is 625 g/mol. The van der Waals surface area contributed by atoms with E-state index in [0.29, 0.717) is 17.5 Å². The Morgan fingerprint density at radius 3 is 1.69 bits per heavy atom. The molecule has 0 spiro atoms. The van der Waals surface area contributed by atoms with Crippen LogP contribution < -0.4 is 0 Å². The standard InChI is InChI=1S/C42H24N4S2/c1-2-11-26(12-3-1)39-44-40(46-41(45-39)33-18-10-17-31-28-13-6-8-19-34(28)47-38(31)33)27-23-21-25(22-24-27)37-30-15-5-4-14-29(30)36-32-16-7-9-20-35(32)48-42(36)43-37/h1-24H. The van der Waals surface area contributed by atoms with Gasteiger partial charge in [0.05, 0.1) is 5.69 Å². The van der Waals surface area contributed by atoms with E-state index in [4.69, 9.17) is 19.9 Å². The summed E-state index contributed by atoms with van der Waals surface area (Å²) in [5, 5.41) is 7.33. The minimum Gasteiger partial charge on any atom is -0.236 e. The summed E-state index contributed by atoms with van der Waals surface area (Å²) in [4.78, 5) is 21.5. The summed E-state index contributed by atoms with van der Waals surface area (Å²) in [7, 11) is 0. The maximum atomic E-state index is 5.25. The summed E-state index contributed by atoms with van der Waals surface area (Å²) in [5.74, 6) is 1.96. The molecule has 10 rings (SSSR count). The number of hydrogen-bond donors (Lipinski definition) is 0. The van der Waals surface area contributed by atoms with Crippen molar-refractivity contribution in [3.8, 4) is 45.4 Å². The quantitative estimate of drug-likeness (QED) is 0.191. The zero-order valence-corrected chi connectivity index (χ0v) is 27.1. The van der Waals surface area contributed by atoms with Crippen molar-refractivity contribution in [1.82, 2.24) is 19.9 Å². The van der Waals surface area contributed by atoms with Gasteiger partial charge in [-0.15, -0.1) is 22.7 Å². The topological polar surface area (TPSA) is 51.6 Å². The highest BCUT2D eigenvalue weighted by Gasteiger charge is 2.18. The number of rotatable bonds is 4. The first-order valence-corrected chi connectivity index (χ1v) is 17.4. The molecule has 4 heterocycles. The molecule has 0 saturated carbocycles. The van der Waals surface area contributed by atoms with Crippen molar-refractivity contribution in [2.45, 2.75) is 0 Å². The Labute approximate surface area is 283 Å². The van der Waals surface area contributed by atoms with Gasteiger partial charge in [0.2, 0.25) is 0 Å². The van der Waals surface area contributed by atoms with Crippen LogP contribution in [0.3, 0.4) is 0 Å². The number of nitrogens with zero attached hydrogens (tertiary/aromatic N) is 4. The fourth-order valence-electron chi connectivity index (χ4n) is 6.70. The molecule has 0 amide bonds. The third kappa shape index (κ3) is 4.34. The Bertz CT molecular complexity index is 2840. The van der Waals surface area contributed by atoms with Crippen LogP contribution in [0.4, 0.5) is 0 Å². The van der Waals surface area contributed by atoms with E-state index in [1.165, 1.54) is 41.0 Å². The molecule has 0 aliphatic heterocycles. The van der Waals surface area contributed by atoms with Gasteiger partial charge in [-0.3, -0.25) is 0 Å². The Balaban J connectivity index is 1.13. The first-order valence-electron chi connectivity index (χ1n) is 15.8. The number of hydrogen-bond acceptors (Lipinski definition) is 6. The predicted molar refractivity (Wildman–Crippen MR) is 203 cm³/mol. The van der Waals surface area contributed by atoms with Crippen LogP contribution in [0.1, 0.15) is 0 Å². The highest BCUT2D eigenvalue weighted by molar-refractivity contribution is 7.26. The van der Waals surface area contributed by atoms with E-state index >= 15 is 0 Å². The second-order valence-corrected chi connectivity index (χ2v) is 13.9. The van der Waals surface area contributed by atoms with Crippen LogP contribution in [0.2, 0.25) is 0 Å². The lowest BCUT2D eigenvalue weighted by Gasteiger charge is -2.11. The van der Waals surface area contributed by atoms with Crippen LogP contribution in [0.5, 0.6) is 0 Å². The van der Waals surface area contributed by atoms with E-state index in [1.54, 1.807) is 22.7 Å². The zero-order valence-electron chi connectivity index (χ0n) is 25.5. The van der Waals surface area contributed by atoms with Crippen LogP contribution in [0.15, 0.2) is 146 Å². The van der Waals surface area contributed by atoms with Gasteiger partial charge >= 0.3 is 0 Å². The van der Waals surface area contributed by atoms with E-state index in [-0.39, 0.29) is 0 Å². The van der Waals surface area contributed by atoms with Gasteiger partial charge < -0.3 is 0 Å². The number of benzene rings is 6. The largest absolute Gasteiger partial charge is 0.236 e. The molecule has 0 aliphatic rings. The molecule has 0 atom stereocenters. The van der Waals surface area contributed by atoms with Crippen molar-refractivity contribution < 1.29 is 0 Å². The van der Waals surface area contributed by atoms with Crippen LogP contribution >= 0.6 is 22.7 Å². The lowest BCUT2D eigenvalue weighted by Crippen LogP contribution is -2.00. The highest BCUT2D eigenvalue weighted by Crippen LogP contribution is 2.42. The van der Waals surface area contributed by atoms with Crippen LogP contribution in [0.25, 0.3) is 96.7 Å². The molecule has 10 aromatic rings. The minimum absolute atomic E-state index is 0.640. The zero-order chi connectivity index (χ0) is 31.6. The molecule has 6 heteroatoms. The summed E-state index contributed by atoms with van der Waals surface area (Å²) in [6.07, 6.45) is 0. The maximum Gasteiger partial charge on any atom is 0.165 e. The van der Waals surface area contributed by atoms with Crippen LogP contribution in [-0.4, -0.2) is 19.9 Å². The third-order valence-corrected chi connectivity index (χ3v) is 11.3. The van der Waals surface area contributed by atoms with Crippen molar-refractivity contribution in [2.75, 3.05) is 0 Å². The molecule has 224 valence electrons. The summed E-state index contributed by atoms with van der Waals surface area (Å²) >= 11 is 3.53. The minimum atomic E-state index is 0.640. The Kier molecular flexibility index (Phi) is 6.19. The first kappa shape index (κ1) is 27.3. The van der Waals surface area contributed by atoms with Gasteiger partial charge in [-0.1, -0.05) is 127 Å². The summed E-state index contributed by atoms with van der Waals surface area (Å²) < 4.78 is 3.69. The summed E-state index contributed by atoms with van der Waals surface area (Å²) in [6, 6.07) is 50.8. The van der Waals surface area contributed by atoms with Crippen molar-refractivity contribution in [3.05, 3.63) is 146 Å². The summed E-state index contributed by atoms with van der Waals surface area (Å²) in [5.41, 5.74) is 4.93. The van der Waals surface area contributed by atoms with Gasteiger partial charge in [0.1, 0.15) is 4.83 Å². The fraction of sp³-hybridized carbons (Fsp3) is 0. The molecule has 0 fully saturated rings. The lowest BCUT2D eigenvalue weighted by atomic mass is 10.00. The monoisotopic (exact) mass is 648 g/mol. The average molecular weight is 649 g/mol. The number of fused-ring (bicyclic) bond motifs is 8. The molecular formula is C42H24N4S2. The van der Waals surface area contributed by atoms with E-state index in [1.807, 2.05) is 30.3 Å². The fourth-order valence-corrected chi connectivity index (χ4v) is 9.01. The molecule has 0 saturated heterocycles. The van der Waals surface area contributed by atoms with E-state index in [0.717, 1.165) is 38.2 Å². The van der Waals surface area contributed by atoms with Gasteiger partial charge in [-0.05, 0) is 23.6 Å². The SMILES string of the molecule is c1ccc(-c2nc(-c3ccc(-c4nc5sc6ccccc6c5c5ccccc45)cc3)nc(-c3cccc4c3sc3ccccc34)n2)cc1. The normalized spacial score (nSPS) is 11.8. The molecule has 0 N–H and O–H groups in total. The average Bonchev–Trinajstić information content (AvgIpc) is 3.73. The van der Waals surface area contributed by atoms with Crippen LogP contribution in [-0.2, 0) is 0 Å². The predicted octanol–water partition coefficient (Wildman–Crippen LogP) is 11.8. The third-order valence-electron chi connectivity index (χ3n) is 8.97. The van der Waals surface area contributed by atoms with Gasteiger partial charge in [0.25, 0.3) is 0 Å². The maximum absolute atomic E-state index is 5.25. The smallest absolute Gasteiger partial charge is 0.165 e. The van der Waals surface area contributed by atoms with Crippen molar-refractivity contribution in [3.63, 3.8) is 0 Å². The molecule has 0 radical (unpaired) electrons. The lowest BCUT2D eigenvalue weighted by molar-refractivity contribution is 1.08. The van der Waals surface area contributed by atoms with Gasteiger partial charge in [0.15, 0.2) is 17.5 Å².